The van der Waals surface area contributed by atoms with Gasteiger partial charge < -0.3 is 5.32 Å². The smallest absolute Gasteiger partial charge is 0.0897 e. The Hall–Kier alpha value is -0.840. The van der Waals surface area contributed by atoms with Crippen LogP contribution < -0.4 is 5.32 Å². The van der Waals surface area contributed by atoms with Crippen LogP contribution in [0.15, 0.2) is 29.6 Å². The maximum absolute atomic E-state index is 4.50. The molecule has 0 radical (unpaired) electrons. The first kappa shape index (κ1) is 12.2. The summed E-state index contributed by atoms with van der Waals surface area (Å²) in [6.45, 7) is 2.92. The number of fused-ring (bicyclic) bond motifs is 1. The van der Waals surface area contributed by atoms with E-state index in [1.165, 1.54) is 11.1 Å². The lowest BCUT2D eigenvalue weighted by atomic mass is 10.0. The Morgan fingerprint density at radius 2 is 2.28 bits per heavy atom. The summed E-state index contributed by atoms with van der Waals surface area (Å²) in [6.07, 6.45) is 0. The Morgan fingerprint density at radius 3 is 3.11 bits per heavy atom. The summed E-state index contributed by atoms with van der Waals surface area (Å²) < 4.78 is 0. The zero-order valence-corrected chi connectivity index (χ0v) is 12.0. The second-order valence-corrected chi connectivity index (χ2v) is 6.60. The Labute approximate surface area is 116 Å². The fourth-order valence-electron chi connectivity index (χ4n) is 2.27. The van der Waals surface area contributed by atoms with Crippen molar-refractivity contribution in [2.75, 3.05) is 5.75 Å². The van der Waals surface area contributed by atoms with Gasteiger partial charge in [0.15, 0.2) is 0 Å². The molecule has 18 heavy (non-hydrogen) atoms. The van der Waals surface area contributed by atoms with Gasteiger partial charge in [0.05, 0.1) is 10.7 Å². The number of aromatic nitrogens is 1. The molecule has 0 saturated heterocycles. The lowest BCUT2D eigenvalue weighted by Crippen LogP contribution is -2.26. The second-order valence-electron chi connectivity index (χ2n) is 4.51. The minimum absolute atomic E-state index is 0.460. The third-order valence-corrected chi connectivity index (χ3v) is 5.08. The summed E-state index contributed by atoms with van der Waals surface area (Å²) in [6, 6.07) is 9.21. The van der Waals surface area contributed by atoms with Crippen LogP contribution in [0.3, 0.4) is 0 Å². The molecule has 1 aromatic carbocycles. The van der Waals surface area contributed by atoms with Gasteiger partial charge in [0.2, 0.25) is 0 Å². The predicted octanol–water partition coefficient (Wildman–Crippen LogP) is 3.53. The summed E-state index contributed by atoms with van der Waals surface area (Å²) in [5, 5.41) is 6.92. The largest absolute Gasteiger partial charge is 0.303 e. The summed E-state index contributed by atoms with van der Waals surface area (Å²) in [5.41, 5.74) is 4.09. The number of thioether (sulfide) groups is 1. The monoisotopic (exact) mass is 276 g/mol. The van der Waals surface area contributed by atoms with Crippen molar-refractivity contribution in [1.82, 2.24) is 10.3 Å². The van der Waals surface area contributed by atoms with Gasteiger partial charge in [-0.3, -0.25) is 0 Å². The SMILES string of the molecule is Cc1nc(CNC2CSCc3ccccc32)cs1. The van der Waals surface area contributed by atoms with Crippen LogP contribution in [0.5, 0.6) is 0 Å². The van der Waals surface area contributed by atoms with Crippen LogP contribution in [0.2, 0.25) is 0 Å². The standard InChI is InChI=1S/C14H16N2S2/c1-10-16-12(8-18-10)6-15-14-9-17-7-11-4-2-3-5-13(11)14/h2-5,8,14-15H,6-7,9H2,1H3. The van der Waals surface area contributed by atoms with E-state index in [0.717, 1.165) is 28.8 Å². The molecule has 0 saturated carbocycles. The molecule has 1 aromatic heterocycles. The van der Waals surface area contributed by atoms with Crippen molar-refractivity contribution in [3.05, 3.63) is 51.5 Å². The fraction of sp³-hybridized carbons (Fsp3) is 0.357. The van der Waals surface area contributed by atoms with Crippen molar-refractivity contribution in [2.45, 2.75) is 25.3 Å². The second kappa shape index (κ2) is 5.43. The number of rotatable bonds is 3. The highest BCUT2D eigenvalue weighted by atomic mass is 32.2. The molecule has 1 aliphatic rings. The number of nitrogens with one attached hydrogen (secondary N) is 1. The molecule has 0 fully saturated rings. The number of hydrogen-bond acceptors (Lipinski definition) is 4. The van der Waals surface area contributed by atoms with Crippen molar-refractivity contribution in [3.63, 3.8) is 0 Å². The average molecular weight is 276 g/mol. The van der Waals surface area contributed by atoms with Crippen LogP contribution in [0.1, 0.15) is 27.9 Å². The molecule has 0 spiro atoms. The minimum atomic E-state index is 0.460. The van der Waals surface area contributed by atoms with Gasteiger partial charge in [-0.05, 0) is 18.1 Å². The first-order valence-corrected chi connectivity index (χ1v) is 8.16. The molecule has 2 heterocycles. The van der Waals surface area contributed by atoms with Crippen LogP contribution in [-0.4, -0.2) is 10.7 Å². The molecule has 3 rings (SSSR count). The van der Waals surface area contributed by atoms with Gasteiger partial charge >= 0.3 is 0 Å². The molecule has 4 heteroatoms. The molecule has 1 atom stereocenters. The number of thiazole rings is 1. The molecule has 0 amide bonds. The fourth-order valence-corrected chi connectivity index (χ4v) is 4.01. The zero-order valence-electron chi connectivity index (χ0n) is 10.3. The molecule has 0 bridgehead atoms. The van der Waals surface area contributed by atoms with E-state index < -0.39 is 0 Å². The highest BCUT2D eigenvalue weighted by Gasteiger charge is 2.19. The molecule has 94 valence electrons. The van der Waals surface area contributed by atoms with Crippen LogP contribution >= 0.6 is 23.1 Å². The predicted molar refractivity (Wildman–Crippen MR) is 79.0 cm³/mol. The van der Waals surface area contributed by atoms with Crippen LogP contribution in [0, 0.1) is 6.92 Å². The van der Waals surface area contributed by atoms with E-state index in [9.17, 15) is 0 Å². The van der Waals surface area contributed by atoms with E-state index in [-0.39, 0.29) is 0 Å². The first-order valence-electron chi connectivity index (χ1n) is 6.13. The number of nitrogens with zero attached hydrogens (tertiary/aromatic N) is 1. The average Bonchev–Trinajstić information content (AvgIpc) is 2.82. The van der Waals surface area contributed by atoms with E-state index in [1.54, 1.807) is 11.3 Å². The third-order valence-electron chi connectivity index (χ3n) is 3.17. The van der Waals surface area contributed by atoms with E-state index in [1.807, 2.05) is 11.8 Å². The number of benzene rings is 1. The van der Waals surface area contributed by atoms with Gasteiger partial charge in [-0.15, -0.1) is 11.3 Å². The molecule has 0 aliphatic carbocycles. The molecular formula is C14H16N2S2. The molecular weight excluding hydrogens is 260 g/mol. The van der Waals surface area contributed by atoms with Crippen molar-refractivity contribution < 1.29 is 0 Å². The van der Waals surface area contributed by atoms with Crippen LogP contribution in [-0.2, 0) is 12.3 Å². The summed E-state index contributed by atoms with van der Waals surface area (Å²) >= 11 is 3.73. The molecule has 1 aliphatic heterocycles. The maximum Gasteiger partial charge on any atom is 0.0897 e. The maximum atomic E-state index is 4.50. The summed E-state index contributed by atoms with van der Waals surface area (Å²) in [7, 11) is 0. The topological polar surface area (TPSA) is 24.9 Å². The van der Waals surface area contributed by atoms with E-state index in [2.05, 4.69) is 46.9 Å². The lowest BCUT2D eigenvalue weighted by Gasteiger charge is -2.25. The first-order chi connectivity index (χ1) is 8.83. The molecule has 2 nitrogen and oxygen atoms in total. The number of hydrogen-bond donors (Lipinski definition) is 1. The van der Waals surface area contributed by atoms with Crippen molar-refractivity contribution >= 4 is 23.1 Å². The summed E-state index contributed by atoms with van der Waals surface area (Å²) in [4.78, 5) is 4.50. The molecule has 2 aromatic rings. The van der Waals surface area contributed by atoms with Crippen LogP contribution in [0.25, 0.3) is 0 Å². The molecule has 1 N–H and O–H groups in total. The van der Waals surface area contributed by atoms with E-state index >= 15 is 0 Å². The quantitative estimate of drug-likeness (QED) is 0.928. The lowest BCUT2D eigenvalue weighted by molar-refractivity contribution is 0.569. The Morgan fingerprint density at radius 1 is 1.39 bits per heavy atom. The van der Waals surface area contributed by atoms with E-state index in [0.29, 0.717) is 6.04 Å². The number of aryl methyl sites for hydroxylation is 1. The Bertz CT molecular complexity index is 536. The van der Waals surface area contributed by atoms with Gasteiger partial charge in [-0.25, -0.2) is 4.98 Å². The minimum Gasteiger partial charge on any atom is -0.303 e. The highest BCUT2D eigenvalue weighted by Crippen LogP contribution is 2.31. The normalized spacial score (nSPS) is 18.6. The van der Waals surface area contributed by atoms with Crippen molar-refractivity contribution in [1.29, 1.82) is 0 Å². The van der Waals surface area contributed by atoms with Crippen LogP contribution in [0.4, 0.5) is 0 Å². The van der Waals surface area contributed by atoms with Gasteiger partial charge in [-0.2, -0.15) is 11.8 Å². The van der Waals surface area contributed by atoms with Crippen molar-refractivity contribution in [2.24, 2.45) is 0 Å². The van der Waals surface area contributed by atoms with Gasteiger partial charge in [0.1, 0.15) is 0 Å². The molecule has 1 unspecified atom stereocenters. The Kier molecular flexibility index (Phi) is 3.68. The van der Waals surface area contributed by atoms with E-state index in [4.69, 9.17) is 0 Å². The third kappa shape index (κ3) is 2.60. The summed E-state index contributed by atoms with van der Waals surface area (Å²) in [5.74, 6) is 2.30. The zero-order chi connectivity index (χ0) is 12.4. The Balaban J connectivity index is 1.71. The highest BCUT2D eigenvalue weighted by molar-refractivity contribution is 7.98. The van der Waals surface area contributed by atoms with Gasteiger partial charge in [0, 0.05) is 29.5 Å². The van der Waals surface area contributed by atoms with Gasteiger partial charge in [0.25, 0.3) is 0 Å². The van der Waals surface area contributed by atoms with Crippen molar-refractivity contribution in [3.8, 4) is 0 Å². The van der Waals surface area contributed by atoms with Gasteiger partial charge in [-0.1, -0.05) is 24.3 Å².